The molecular weight excluding hydrogens is 283 g/mol. The topological polar surface area (TPSA) is 37.3 Å². The van der Waals surface area contributed by atoms with E-state index in [2.05, 4.69) is 6.07 Å². The number of carboxylic acids is 1. The number of carboxylic acid groups (broad SMARTS) is 1. The van der Waals surface area contributed by atoms with E-state index in [-0.39, 0.29) is 35.5 Å². The number of fused-ring (bicyclic) bond motifs is 1. The van der Waals surface area contributed by atoms with E-state index in [9.17, 15) is 9.90 Å². The van der Waals surface area contributed by atoms with Crippen LogP contribution in [0.2, 0.25) is 5.02 Å². The summed E-state index contributed by atoms with van der Waals surface area (Å²) in [5.41, 5.74) is 3.40. The van der Waals surface area contributed by atoms with Crippen LogP contribution in [0.5, 0.6) is 0 Å². The number of aliphatic carboxylic acids is 1. The summed E-state index contributed by atoms with van der Waals surface area (Å²) < 4.78 is 0. The van der Waals surface area contributed by atoms with Crippen LogP contribution in [-0.4, -0.2) is 40.6 Å². The van der Waals surface area contributed by atoms with Gasteiger partial charge in [-0.05, 0) is 54.4 Å². The SMILES string of the molecule is O=C(O)C1CCc2cc(C3CCCCC3)c(Cl)cc21.[NaH]. The van der Waals surface area contributed by atoms with Crippen molar-refractivity contribution in [2.45, 2.75) is 56.8 Å². The van der Waals surface area contributed by atoms with Crippen molar-refractivity contribution in [3.8, 4) is 0 Å². The summed E-state index contributed by atoms with van der Waals surface area (Å²) in [4.78, 5) is 11.2. The van der Waals surface area contributed by atoms with Gasteiger partial charge in [-0.15, -0.1) is 0 Å². The molecule has 2 nitrogen and oxygen atoms in total. The van der Waals surface area contributed by atoms with Crippen LogP contribution in [0.1, 0.15) is 67.1 Å². The van der Waals surface area contributed by atoms with Crippen LogP contribution >= 0.6 is 11.6 Å². The quantitative estimate of drug-likeness (QED) is 0.843. The number of benzene rings is 1. The van der Waals surface area contributed by atoms with E-state index in [1.807, 2.05) is 6.07 Å². The summed E-state index contributed by atoms with van der Waals surface area (Å²) in [5, 5.41) is 10.0. The van der Waals surface area contributed by atoms with Crippen LogP contribution < -0.4 is 0 Å². The van der Waals surface area contributed by atoms with Gasteiger partial charge in [-0.1, -0.05) is 36.9 Å². The molecule has 1 saturated carbocycles. The van der Waals surface area contributed by atoms with E-state index in [1.54, 1.807) is 0 Å². The third-order valence-corrected chi connectivity index (χ3v) is 5.01. The number of halogens is 1. The van der Waals surface area contributed by atoms with Gasteiger partial charge in [0.2, 0.25) is 0 Å². The number of hydrogen-bond donors (Lipinski definition) is 1. The first kappa shape index (κ1) is 16.4. The Bertz CT molecular complexity index is 509. The van der Waals surface area contributed by atoms with Crippen molar-refractivity contribution < 1.29 is 9.90 Å². The zero-order valence-corrected chi connectivity index (χ0v) is 11.7. The molecule has 3 rings (SSSR count). The second-order valence-corrected chi connectivity index (χ2v) is 6.24. The van der Waals surface area contributed by atoms with Crippen LogP contribution in [0.25, 0.3) is 0 Å². The molecule has 2 aliphatic carbocycles. The minimum absolute atomic E-state index is 0. The Morgan fingerprint density at radius 3 is 2.45 bits per heavy atom. The van der Waals surface area contributed by atoms with Gasteiger partial charge in [0.25, 0.3) is 0 Å². The fourth-order valence-electron chi connectivity index (χ4n) is 3.63. The van der Waals surface area contributed by atoms with Gasteiger partial charge in [-0.2, -0.15) is 0 Å². The predicted molar refractivity (Wildman–Crippen MR) is 83.1 cm³/mol. The molecule has 0 aliphatic heterocycles. The molecule has 0 bridgehead atoms. The molecule has 0 saturated heterocycles. The summed E-state index contributed by atoms with van der Waals surface area (Å²) in [7, 11) is 0. The Morgan fingerprint density at radius 2 is 1.80 bits per heavy atom. The standard InChI is InChI=1S/C16H19ClO2.Na.H/c17-15-9-13-11(6-7-12(13)16(18)19)8-14(15)10-4-2-1-3-5-10;;/h8-10,12H,1-7H2,(H,18,19);;. The Kier molecular flexibility index (Phi) is 5.58. The van der Waals surface area contributed by atoms with E-state index in [0.717, 1.165) is 23.4 Å². The molecule has 1 unspecified atom stereocenters. The molecule has 0 amide bonds. The Labute approximate surface area is 147 Å². The van der Waals surface area contributed by atoms with E-state index < -0.39 is 5.97 Å². The van der Waals surface area contributed by atoms with Gasteiger partial charge >= 0.3 is 35.5 Å². The fraction of sp³-hybridized carbons (Fsp3) is 0.562. The van der Waals surface area contributed by atoms with Crippen molar-refractivity contribution >= 4 is 47.1 Å². The molecule has 1 N–H and O–H groups in total. The maximum atomic E-state index is 11.2. The van der Waals surface area contributed by atoms with Crippen LogP contribution in [0.15, 0.2) is 12.1 Å². The molecule has 0 heterocycles. The molecule has 0 spiro atoms. The summed E-state index contributed by atoms with van der Waals surface area (Å²) in [6, 6.07) is 4.11. The number of hydrogen-bond acceptors (Lipinski definition) is 1. The molecule has 104 valence electrons. The van der Waals surface area contributed by atoms with Gasteiger partial charge in [-0.25, -0.2) is 0 Å². The van der Waals surface area contributed by atoms with Crippen LogP contribution in [0, 0.1) is 0 Å². The molecule has 0 radical (unpaired) electrons. The molecule has 4 heteroatoms. The molecule has 1 aromatic rings. The summed E-state index contributed by atoms with van der Waals surface area (Å²) in [6.45, 7) is 0. The zero-order chi connectivity index (χ0) is 13.4. The summed E-state index contributed by atoms with van der Waals surface area (Å²) in [5.74, 6) is -0.497. The second-order valence-electron chi connectivity index (χ2n) is 5.84. The molecule has 0 aromatic heterocycles. The fourth-order valence-corrected chi connectivity index (χ4v) is 3.96. The minimum atomic E-state index is -0.722. The van der Waals surface area contributed by atoms with Crippen LogP contribution in [0.3, 0.4) is 0 Å². The van der Waals surface area contributed by atoms with E-state index in [1.165, 1.54) is 43.2 Å². The van der Waals surface area contributed by atoms with Crippen molar-refractivity contribution in [3.63, 3.8) is 0 Å². The number of carbonyl (C=O) groups is 1. The van der Waals surface area contributed by atoms with Gasteiger partial charge in [0.1, 0.15) is 0 Å². The van der Waals surface area contributed by atoms with E-state index in [0.29, 0.717) is 5.92 Å². The van der Waals surface area contributed by atoms with E-state index >= 15 is 0 Å². The molecule has 20 heavy (non-hydrogen) atoms. The number of rotatable bonds is 2. The molecule has 1 atom stereocenters. The van der Waals surface area contributed by atoms with Crippen molar-refractivity contribution in [3.05, 3.63) is 33.8 Å². The summed E-state index contributed by atoms with van der Waals surface area (Å²) in [6.07, 6.45) is 7.95. The van der Waals surface area contributed by atoms with Crippen molar-refractivity contribution in [2.24, 2.45) is 0 Å². The molecule has 2 aliphatic rings. The van der Waals surface area contributed by atoms with Gasteiger partial charge < -0.3 is 5.11 Å². The molecule has 1 aromatic carbocycles. The van der Waals surface area contributed by atoms with Gasteiger partial charge in [0.15, 0.2) is 0 Å². The van der Waals surface area contributed by atoms with Crippen molar-refractivity contribution in [1.82, 2.24) is 0 Å². The third kappa shape index (κ3) is 3.09. The van der Waals surface area contributed by atoms with Crippen LogP contribution in [0.4, 0.5) is 0 Å². The average Bonchev–Trinajstić information content (AvgIpc) is 2.81. The average molecular weight is 303 g/mol. The Hall–Kier alpha value is -0.0200. The second kappa shape index (κ2) is 6.83. The first-order valence-corrected chi connectivity index (χ1v) is 7.59. The van der Waals surface area contributed by atoms with Crippen molar-refractivity contribution in [2.75, 3.05) is 0 Å². The first-order valence-electron chi connectivity index (χ1n) is 7.22. The molecule has 1 fully saturated rings. The maximum absolute atomic E-state index is 11.2. The van der Waals surface area contributed by atoms with Gasteiger partial charge in [-0.3, -0.25) is 4.79 Å². The Balaban J connectivity index is 0.00000147. The normalized spacial score (nSPS) is 22.1. The van der Waals surface area contributed by atoms with Crippen molar-refractivity contribution in [1.29, 1.82) is 0 Å². The van der Waals surface area contributed by atoms with Gasteiger partial charge in [0, 0.05) is 5.02 Å². The summed E-state index contributed by atoms with van der Waals surface area (Å²) >= 11 is 6.42. The predicted octanol–water partition coefficient (Wildman–Crippen LogP) is 3.85. The molecular formula is C16H20ClNaO2. The van der Waals surface area contributed by atoms with Crippen LogP contribution in [-0.2, 0) is 11.2 Å². The monoisotopic (exact) mass is 302 g/mol. The Morgan fingerprint density at radius 1 is 1.10 bits per heavy atom. The number of aryl methyl sites for hydroxylation is 1. The van der Waals surface area contributed by atoms with Gasteiger partial charge in [0.05, 0.1) is 5.92 Å². The first-order chi connectivity index (χ1) is 9.16. The zero-order valence-electron chi connectivity index (χ0n) is 11.0. The van der Waals surface area contributed by atoms with E-state index in [4.69, 9.17) is 11.6 Å². The third-order valence-electron chi connectivity index (χ3n) is 4.68.